The molecule has 31 heavy (non-hydrogen) atoms. The van der Waals surface area contributed by atoms with Crippen molar-refractivity contribution in [3.63, 3.8) is 0 Å². The van der Waals surface area contributed by atoms with Gasteiger partial charge >= 0.3 is 0 Å². The standard InChI is InChI=1S/C23H29N5O2S/c1-5-27-22(26-10-12-30-13-11-26)24-25-23(27)31-15-21(29)20-14-17(3)28(18(20)4)19-8-6-16(2)7-9-19/h6-9,14H,5,10-13,15H2,1-4H3. The van der Waals surface area contributed by atoms with Gasteiger partial charge in [0, 0.05) is 42.3 Å². The van der Waals surface area contributed by atoms with E-state index >= 15 is 0 Å². The molecular formula is C23H29N5O2S. The molecule has 0 aliphatic carbocycles. The maximum absolute atomic E-state index is 13.1. The van der Waals surface area contributed by atoms with Crippen LogP contribution in [0.3, 0.4) is 0 Å². The zero-order valence-electron chi connectivity index (χ0n) is 18.6. The summed E-state index contributed by atoms with van der Waals surface area (Å²) in [6, 6.07) is 10.4. The van der Waals surface area contributed by atoms with E-state index in [1.54, 1.807) is 0 Å². The number of aromatic nitrogens is 4. The number of benzene rings is 1. The average molecular weight is 440 g/mol. The lowest BCUT2D eigenvalue weighted by Crippen LogP contribution is -2.38. The molecule has 164 valence electrons. The number of hydrogen-bond acceptors (Lipinski definition) is 6. The molecule has 1 saturated heterocycles. The van der Waals surface area contributed by atoms with Crippen LogP contribution in [-0.2, 0) is 11.3 Å². The van der Waals surface area contributed by atoms with Crippen molar-refractivity contribution in [3.05, 3.63) is 52.8 Å². The van der Waals surface area contributed by atoms with Crippen LogP contribution in [0.2, 0.25) is 0 Å². The predicted molar refractivity (Wildman–Crippen MR) is 124 cm³/mol. The molecule has 0 saturated carbocycles. The van der Waals surface area contributed by atoms with E-state index in [0.29, 0.717) is 19.0 Å². The Labute approximate surface area is 187 Å². The van der Waals surface area contributed by atoms with E-state index in [9.17, 15) is 4.79 Å². The molecule has 1 aromatic carbocycles. The van der Waals surface area contributed by atoms with E-state index < -0.39 is 0 Å². The van der Waals surface area contributed by atoms with Crippen LogP contribution >= 0.6 is 11.8 Å². The van der Waals surface area contributed by atoms with Crippen molar-refractivity contribution in [2.75, 3.05) is 37.0 Å². The van der Waals surface area contributed by atoms with Crippen molar-refractivity contribution < 1.29 is 9.53 Å². The van der Waals surface area contributed by atoms with Crippen molar-refractivity contribution in [2.24, 2.45) is 0 Å². The molecule has 1 fully saturated rings. The molecular weight excluding hydrogens is 410 g/mol. The molecule has 1 aliphatic rings. The smallest absolute Gasteiger partial charge is 0.228 e. The van der Waals surface area contributed by atoms with Crippen molar-refractivity contribution >= 4 is 23.5 Å². The largest absolute Gasteiger partial charge is 0.378 e. The van der Waals surface area contributed by atoms with E-state index in [2.05, 4.69) is 62.3 Å². The van der Waals surface area contributed by atoms with Crippen LogP contribution in [0, 0.1) is 20.8 Å². The summed E-state index contributed by atoms with van der Waals surface area (Å²) >= 11 is 1.45. The van der Waals surface area contributed by atoms with E-state index in [4.69, 9.17) is 4.74 Å². The summed E-state index contributed by atoms with van der Waals surface area (Å²) < 4.78 is 9.66. The summed E-state index contributed by atoms with van der Waals surface area (Å²) in [7, 11) is 0. The molecule has 4 rings (SSSR count). The number of ketones is 1. The van der Waals surface area contributed by atoms with Gasteiger partial charge < -0.3 is 14.2 Å². The second-order valence-electron chi connectivity index (χ2n) is 7.79. The maximum atomic E-state index is 13.1. The number of hydrogen-bond donors (Lipinski definition) is 0. The molecule has 0 spiro atoms. The molecule has 0 radical (unpaired) electrons. The molecule has 2 aromatic heterocycles. The molecule has 1 aliphatic heterocycles. The van der Waals surface area contributed by atoms with Gasteiger partial charge in [0.1, 0.15) is 0 Å². The molecule has 0 bridgehead atoms. The first-order valence-corrected chi connectivity index (χ1v) is 11.7. The SMILES string of the molecule is CCn1c(SCC(=O)c2cc(C)n(-c3ccc(C)cc3)c2C)nnc1N1CCOCC1. The second kappa shape index (κ2) is 9.28. The zero-order chi connectivity index (χ0) is 22.0. The number of rotatable bonds is 7. The minimum Gasteiger partial charge on any atom is -0.378 e. The number of aryl methyl sites for hydroxylation is 2. The van der Waals surface area contributed by atoms with Gasteiger partial charge in [0.25, 0.3) is 0 Å². The Kier molecular flexibility index (Phi) is 6.48. The van der Waals surface area contributed by atoms with Crippen LogP contribution < -0.4 is 4.90 Å². The van der Waals surface area contributed by atoms with Gasteiger partial charge in [-0.2, -0.15) is 0 Å². The van der Waals surface area contributed by atoms with Gasteiger partial charge in [-0.3, -0.25) is 9.36 Å². The summed E-state index contributed by atoms with van der Waals surface area (Å²) in [6.45, 7) is 12.0. The molecule has 7 nitrogen and oxygen atoms in total. The highest BCUT2D eigenvalue weighted by Gasteiger charge is 2.22. The van der Waals surface area contributed by atoms with E-state index in [-0.39, 0.29) is 5.78 Å². The Morgan fingerprint density at radius 1 is 1.10 bits per heavy atom. The number of ether oxygens (including phenoxy) is 1. The van der Waals surface area contributed by atoms with Crippen molar-refractivity contribution in [2.45, 2.75) is 39.4 Å². The van der Waals surface area contributed by atoms with E-state index in [1.807, 2.05) is 19.9 Å². The number of anilines is 1. The fourth-order valence-electron chi connectivity index (χ4n) is 4.01. The highest BCUT2D eigenvalue weighted by Crippen LogP contribution is 2.26. The summed E-state index contributed by atoms with van der Waals surface area (Å²) in [4.78, 5) is 15.3. The first-order chi connectivity index (χ1) is 15.0. The lowest BCUT2D eigenvalue weighted by atomic mass is 10.2. The normalized spacial score (nSPS) is 14.3. The third-order valence-corrected chi connectivity index (χ3v) is 6.63. The number of carbonyl (C=O) groups excluding carboxylic acids is 1. The first kappa shape index (κ1) is 21.6. The Morgan fingerprint density at radius 2 is 1.81 bits per heavy atom. The van der Waals surface area contributed by atoms with Gasteiger partial charge in [0.05, 0.1) is 19.0 Å². The molecule has 8 heteroatoms. The fraction of sp³-hybridized carbons (Fsp3) is 0.435. The summed E-state index contributed by atoms with van der Waals surface area (Å²) in [5, 5.41) is 9.54. The highest BCUT2D eigenvalue weighted by molar-refractivity contribution is 7.99. The highest BCUT2D eigenvalue weighted by atomic mass is 32.2. The van der Waals surface area contributed by atoms with Gasteiger partial charge in [-0.1, -0.05) is 29.5 Å². The van der Waals surface area contributed by atoms with Crippen LogP contribution in [0.1, 0.15) is 34.2 Å². The van der Waals surface area contributed by atoms with Gasteiger partial charge in [0.15, 0.2) is 10.9 Å². The summed E-state index contributed by atoms with van der Waals surface area (Å²) in [5.41, 5.74) is 5.09. The van der Waals surface area contributed by atoms with Crippen molar-refractivity contribution in [1.82, 2.24) is 19.3 Å². The molecule has 0 atom stereocenters. The van der Waals surface area contributed by atoms with Gasteiger partial charge in [0.2, 0.25) is 5.95 Å². The number of nitrogens with zero attached hydrogens (tertiary/aromatic N) is 5. The second-order valence-corrected chi connectivity index (χ2v) is 8.74. The van der Waals surface area contributed by atoms with Crippen LogP contribution in [0.15, 0.2) is 35.5 Å². The Balaban J connectivity index is 1.50. The van der Waals surface area contributed by atoms with Crippen LogP contribution in [-0.4, -0.2) is 57.2 Å². The number of carbonyl (C=O) groups is 1. The van der Waals surface area contributed by atoms with Gasteiger partial charge in [-0.05, 0) is 45.9 Å². The maximum Gasteiger partial charge on any atom is 0.228 e. The van der Waals surface area contributed by atoms with Gasteiger partial charge in [-0.15, -0.1) is 10.2 Å². The number of Topliss-reactive ketones (excluding diaryl/α,β-unsaturated/α-hetero) is 1. The fourth-order valence-corrected chi connectivity index (χ4v) is 4.89. The predicted octanol–water partition coefficient (Wildman–Crippen LogP) is 3.83. The molecule has 3 heterocycles. The number of morpholine rings is 1. The van der Waals surface area contributed by atoms with Crippen LogP contribution in [0.5, 0.6) is 0 Å². The molecule has 0 amide bonds. The van der Waals surface area contributed by atoms with Gasteiger partial charge in [-0.25, -0.2) is 0 Å². The Hall–Kier alpha value is -2.58. The van der Waals surface area contributed by atoms with E-state index in [1.165, 1.54) is 17.3 Å². The van der Waals surface area contributed by atoms with Crippen molar-refractivity contribution in [1.29, 1.82) is 0 Å². The van der Waals surface area contributed by atoms with E-state index in [0.717, 1.165) is 53.4 Å². The quantitative estimate of drug-likeness (QED) is 0.412. The number of thioether (sulfide) groups is 1. The minimum absolute atomic E-state index is 0.107. The Bertz CT molecular complexity index is 1060. The molecule has 0 unspecified atom stereocenters. The molecule has 3 aromatic rings. The minimum atomic E-state index is 0.107. The third-order valence-electron chi connectivity index (χ3n) is 5.66. The first-order valence-electron chi connectivity index (χ1n) is 10.7. The Morgan fingerprint density at radius 3 is 2.48 bits per heavy atom. The monoisotopic (exact) mass is 439 g/mol. The average Bonchev–Trinajstić information content (AvgIpc) is 3.33. The topological polar surface area (TPSA) is 65.2 Å². The third kappa shape index (κ3) is 4.41. The van der Waals surface area contributed by atoms with Crippen molar-refractivity contribution in [3.8, 4) is 5.69 Å². The summed E-state index contributed by atoms with van der Waals surface area (Å²) in [6.07, 6.45) is 0. The zero-order valence-corrected chi connectivity index (χ0v) is 19.4. The lowest BCUT2D eigenvalue weighted by molar-refractivity contribution is 0.102. The lowest BCUT2D eigenvalue weighted by Gasteiger charge is -2.27. The molecule has 0 N–H and O–H groups in total. The van der Waals surface area contributed by atoms with Crippen LogP contribution in [0.4, 0.5) is 5.95 Å². The van der Waals surface area contributed by atoms with Crippen LogP contribution in [0.25, 0.3) is 5.69 Å². The summed E-state index contributed by atoms with van der Waals surface area (Å²) in [5.74, 6) is 1.30.